The van der Waals surface area contributed by atoms with Gasteiger partial charge in [0.25, 0.3) is 0 Å². The molecule has 2 heterocycles. The summed E-state index contributed by atoms with van der Waals surface area (Å²) in [6, 6.07) is -2.53. The Bertz CT molecular complexity index is 2060. The number of nitrogens with one attached hydrogen (secondary N) is 2. The molecule has 1 radical (unpaired) electrons. The van der Waals surface area contributed by atoms with Crippen LogP contribution < -0.4 is 22.1 Å². The molecule has 0 spiro atoms. The number of carboxylic acids is 2. The standard InChI is InChI=1S/2C25H40N2O14.Cu/c2*1-12(28)35-11-18-19(36-13(2)29)20(37-14(3)30)21(38-15(4)31)23(40-18)39-16(8-9-17(26)22(32)33)10-27-24(34)41-25(5,6)7;/h2*16-21,23H,8-11,26H2,1-7H3,(H,27,34)(H,32,33);/t2*16?,17?,18-,19+,20+,21-,23+;/m11./s1. The van der Waals surface area contributed by atoms with Crippen LogP contribution in [0.5, 0.6) is 0 Å². The van der Waals surface area contributed by atoms with Gasteiger partial charge in [0, 0.05) is 85.5 Å². The van der Waals surface area contributed by atoms with Gasteiger partial charge < -0.3 is 98.6 Å². The van der Waals surface area contributed by atoms with Crippen molar-refractivity contribution in [2.75, 3.05) is 26.3 Å². The van der Waals surface area contributed by atoms with Crippen LogP contribution in [0.3, 0.4) is 0 Å². The number of amides is 2. The first-order chi connectivity index (χ1) is 37.8. The molecule has 0 aromatic heterocycles. The van der Waals surface area contributed by atoms with E-state index in [2.05, 4.69) is 10.6 Å². The SMILES string of the molecule is CC(=O)OC[C@H]1O[C@H](OC(CCC(N)C(=O)O)CNC(=O)OC(C)(C)C)[C@H](OC(C)=O)[C@@H](OC(C)=O)[C@H]1OC(C)=O.CC(=O)OC[C@H]1O[C@H](OC(CCC(N)C(=O)O)CNC(=O)OC(C)(C)C)[C@H](OC(C)=O)[C@@H](OC(C)=O)[C@H]1OC(C)=O.[Cu]. The molecule has 0 saturated carbocycles. The number of carboxylic acid groups (broad SMARTS) is 2. The smallest absolute Gasteiger partial charge is 0.407 e. The number of carbonyl (C=O) groups excluding carboxylic acids is 10. The summed E-state index contributed by atoms with van der Waals surface area (Å²) in [7, 11) is 0. The van der Waals surface area contributed by atoms with Gasteiger partial charge in [0.1, 0.15) is 48.7 Å². The molecule has 2 rings (SSSR count). The van der Waals surface area contributed by atoms with Crippen LogP contribution in [0.2, 0.25) is 0 Å². The summed E-state index contributed by atoms with van der Waals surface area (Å²) in [4.78, 5) is 142. The molecule has 0 aromatic rings. The Balaban J connectivity index is 0.00000160. The fourth-order valence-electron chi connectivity index (χ4n) is 7.41. The molecule has 2 fully saturated rings. The number of nitrogens with two attached hydrogens (primary N) is 2. The molecule has 2 amide bonds. The van der Waals surface area contributed by atoms with Crippen LogP contribution in [-0.4, -0.2) is 205 Å². The molecule has 14 atom stereocenters. The minimum Gasteiger partial charge on any atom is -0.480 e. The summed E-state index contributed by atoms with van der Waals surface area (Å²) in [5, 5.41) is 23.4. The molecule has 0 bridgehead atoms. The Hall–Kier alpha value is -6.48. The van der Waals surface area contributed by atoms with Gasteiger partial charge in [0.05, 0.1) is 12.2 Å². The van der Waals surface area contributed by atoms with Crippen LogP contribution in [0.25, 0.3) is 0 Å². The van der Waals surface area contributed by atoms with E-state index in [1.807, 2.05) is 0 Å². The van der Waals surface area contributed by atoms with Crippen molar-refractivity contribution in [2.45, 2.75) is 220 Å². The van der Waals surface area contributed by atoms with E-state index in [0.29, 0.717) is 0 Å². The molecule has 33 heteroatoms. The first-order valence-corrected chi connectivity index (χ1v) is 25.6. The Morgan fingerprint density at radius 1 is 0.434 bits per heavy atom. The maximum atomic E-state index is 12.3. The van der Waals surface area contributed by atoms with E-state index in [0.717, 1.165) is 55.4 Å². The van der Waals surface area contributed by atoms with Crippen molar-refractivity contribution >= 4 is 71.9 Å². The van der Waals surface area contributed by atoms with E-state index < -0.39 is 182 Å². The molecule has 32 nitrogen and oxygen atoms in total. The summed E-state index contributed by atoms with van der Waals surface area (Å²) in [5.74, 6) is -8.84. The molecule has 479 valence electrons. The quantitative estimate of drug-likeness (QED) is 0.0386. The van der Waals surface area contributed by atoms with Gasteiger partial charge in [-0.3, -0.25) is 47.9 Å². The van der Waals surface area contributed by atoms with Crippen LogP contribution in [0.4, 0.5) is 9.59 Å². The van der Waals surface area contributed by atoms with Crippen LogP contribution in [0, 0.1) is 0 Å². The van der Waals surface area contributed by atoms with Crippen molar-refractivity contribution in [1.82, 2.24) is 10.6 Å². The second-order valence-electron chi connectivity index (χ2n) is 20.5. The van der Waals surface area contributed by atoms with E-state index in [1.165, 1.54) is 0 Å². The number of alkyl carbamates (subject to hydrolysis) is 2. The zero-order valence-electron chi connectivity index (χ0n) is 48.7. The first-order valence-electron chi connectivity index (χ1n) is 25.6. The predicted octanol–water partition coefficient (Wildman–Crippen LogP) is 0.341. The molecule has 2 saturated heterocycles. The number of carbonyl (C=O) groups is 12. The van der Waals surface area contributed by atoms with Gasteiger partial charge in [-0.2, -0.15) is 0 Å². The van der Waals surface area contributed by atoms with Gasteiger partial charge in [0.15, 0.2) is 49.2 Å². The number of hydrogen-bond donors (Lipinski definition) is 6. The third-order valence-electron chi connectivity index (χ3n) is 10.5. The van der Waals surface area contributed by atoms with E-state index in [-0.39, 0.29) is 55.8 Å². The van der Waals surface area contributed by atoms with Crippen molar-refractivity contribution in [1.29, 1.82) is 0 Å². The Morgan fingerprint density at radius 2 is 0.699 bits per heavy atom. The number of aliphatic carboxylic acids is 2. The largest absolute Gasteiger partial charge is 0.480 e. The molecular weight excluding hydrogens is 1170 g/mol. The van der Waals surface area contributed by atoms with E-state index in [1.54, 1.807) is 41.5 Å². The van der Waals surface area contributed by atoms with E-state index >= 15 is 0 Å². The predicted molar refractivity (Wildman–Crippen MR) is 272 cm³/mol. The minimum atomic E-state index is -1.54. The fraction of sp³-hybridized carbons (Fsp3) is 0.760. The van der Waals surface area contributed by atoms with Crippen molar-refractivity contribution in [3.8, 4) is 0 Å². The molecule has 0 aliphatic carbocycles. The summed E-state index contributed by atoms with van der Waals surface area (Å²) < 4.78 is 76.5. The number of esters is 8. The summed E-state index contributed by atoms with van der Waals surface area (Å²) >= 11 is 0. The van der Waals surface area contributed by atoms with Crippen LogP contribution in [0.15, 0.2) is 0 Å². The second-order valence-corrected chi connectivity index (χ2v) is 20.5. The molecule has 4 unspecified atom stereocenters. The molecule has 2 aliphatic rings. The van der Waals surface area contributed by atoms with E-state index in [4.69, 9.17) is 77.8 Å². The van der Waals surface area contributed by atoms with Crippen molar-refractivity contribution in [3.63, 3.8) is 0 Å². The average molecular weight is 1250 g/mol. The summed E-state index contributed by atoms with van der Waals surface area (Å²) in [6.45, 7) is 17.3. The van der Waals surface area contributed by atoms with Crippen LogP contribution in [-0.2, 0) is 131 Å². The zero-order chi connectivity index (χ0) is 63.0. The Kier molecular flexibility index (Phi) is 33.4. The maximum absolute atomic E-state index is 12.3. The van der Waals surface area contributed by atoms with Gasteiger partial charge in [-0.25, -0.2) is 9.59 Å². The molecule has 8 N–H and O–H groups in total. The van der Waals surface area contributed by atoms with Gasteiger partial charge in [0.2, 0.25) is 0 Å². The normalized spacial score (nSPS) is 23.5. The monoisotopic (exact) mass is 1250 g/mol. The van der Waals surface area contributed by atoms with E-state index in [9.17, 15) is 67.7 Å². The third kappa shape index (κ3) is 31.7. The van der Waals surface area contributed by atoms with Gasteiger partial charge in [-0.15, -0.1) is 0 Å². The zero-order valence-corrected chi connectivity index (χ0v) is 49.6. The fourth-order valence-corrected chi connectivity index (χ4v) is 7.41. The average Bonchev–Trinajstić information content (AvgIpc) is 3.31. The summed E-state index contributed by atoms with van der Waals surface area (Å²) in [5.41, 5.74) is 9.65. The maximum Gasteiger partial charge on any atom is 0.407 e. The van der Waals surface area contributed by atoms with Crippen molar-refractivity contribution in [2.24, 2.45) is 11.5 Å². The molecule has 83 heavy (non-hydrogen) atoms. The van der Waals surface area contributed by atoms with Crippen LogP contribution in [0.1, 0.15) is 123 Å². The number of ether oxygens (including phenoxy) is 14. The number of rotatable bonds is 26. The van der Waals surface area contributed by atoms with Gasteiger partial charge in [-0.05, 0) is 67.2 Å². The topological polar surface area (TPSA) is 451 Å². The Labute approximate surface area is 489 Å². The summed E-state index contributed by atoms with van der Waals surface area (Å²) in [6.07, 6.45) is -18.2. The molecule has 0 aromatic carbocycles. The first kappa shape index (κ1) is 76.5. The third-order valence-corrected chi connectivity index (χ3v) is 10.5. The van der Waals surface area contributed by atoms with Crippen molar-refractivity contribution < 1.29 is 151 Å². The molecule has 2 aliphatic heterocycles. The second kappa shape index (κ2) is 36.3. The number of hydrogen-bond acceptors (Lipinski definition) is 28. The van der Waals surface area contributed by atoms with Gasteiger partial charge >= 0.3 is 71.9 Å². The van der Waals surface area contributed by atoms with Crippen molar-refractivity contribution in [3.05, 3.63) is 0 Å². The Morgan fingerprint density at radius 3 is 0.940 bits per heavy atom. The minimum absolute atomic E-state index is 0. The van der Waals surface area contributed by atoms with Crippen LogP contribution >= 0.6 is 0 Å². The van der Waals surface area contributed by atoms with Gasteiger partial charge in [-0.1, -0.05) is 0 Å². The molecular formula is C50H80CuN4O28.